The van der Waals surface area contributed by atoms with Gasteiger partial charge < -0.3 is 9.84 Å². The predicted molar refractivity (Wildman–Crippen MR) is 79.6 cm³/mol. The summed E-state index contributed by atoms with van der Waals surface area (Å²) in [6, 6.07) is 3.82. The number of carbonyl (C=O) groups excluding carboxylic acids is 1. The molecule has 0 heterocycles. The lowest BCUT2D eigenvalue weighted by molar-refractivity contribution is -0.138. The Morgan fingerprint density at radius 2 is 1.90 bits per heavy atom. The fourth-order valence-corrected chi connectivity index (χ4v) is 2.85. The Bertz CT molecular complexity index is 583. The fourth-order valence-electron chi connectivity index (χ4n) is 2.85. The molecule has 4 heteroatoms. The first kappa shape index (κ1) is 15.5. The average molecular weight is 290 g/mol. The molecule has 0 radical (unpaired) electrons. The molecule has 0 unspecified atom stereocenters. The van der Waals surface area contributed by atoms with Gasteiger partial charge in [0.05, 0.1) is 12.3 Å². The van der Waals surface area contributed by atoms with Gasteiger partial charge >= 0.3 is 11.9 Å². The van der Waals surface area contributed by atoms with E-state index in [1.54, 1.807) is 0 Å². The summed E-state index contributed by atoms with van der Waals surface area (Å²) in [5, 5.41) is 9.12. The lowest BCUT2D eigenvalue weighted by atomic mass is 9.78. The maximum Gasteiger partial charge on any atom is 0.314 e. The number of rotatable bonds is 5. The maximum absolute atomic E-state index is 12.0. The number of aliphatic carboxylic acids is 1. The van der Waals surface area contributed by atoms with E-state index in [-0.39, 0.29) is 18.3 Å². The molecular weight excluding hydrogens is 268 g/mol. The van der Waals surface area contributed by atoms with Gasteiger partial charge in [0.25, 0.3) is 0 Å². The summed E-state index contributed by atoms with van der Waals surface area (Å²) in [5.41, 5.74) is 2.17. The lowest BCUT2D eigenvalue weighted by Crippen LogP contribution is -2.25. The van der Waals surface area contributed by atoms with Crippen molar-refractivity contribution in [3.8, 4) is 5.75 Å². The number of hydrogen-bond acceptors (Lipinski definition) is 3. The lowest BCUT2D eigenvalue weighted by Gasteiger charge is -2.28. The molecule has 21 heavy (non-hydrogen) atoms. The number of ether oxygens (including phenoxy) is 1. The van der Waals surface area contributed by atoms with Crippen molar-refractivity contribution < 1.29 is 19.4 Å². The Morgan fingerprint density at radius 1 is 1.29 bits per heavy atom. The largest absolute Gasteiger partial charge is 0.481 e. The van der Waals surface area contributed by atoms with E-state index in [4.69, 9.17) is 9.84 Å². The van der Waals surface area contributed by atoms with E-state index in [0.29, 0.717) is 5.75 Å². The van der Waals surface area contributed by atoms with Crippen LogP contribution in [0, 0.1) is 19.8 Å². The zero-order chi connectivity index (χ0) is 15.8. The molecule has 1 fully saturated rings. The summed E-state index contributed by atoms with van der Waals surface area (Å²) >= 11 is 0. The molecule has 4 nitrogen and oxygen atoms in total. The Morgan fingerprint density at radius 3 is 2.43 bits per heavy atom. The van der Waals surface area contributed by atoms with Crippen molar-refractivity contribution in [3.63, 3.8) is 0 Å². The third-order valence-corrected chi connectivity index (χ3v) is 3.83. The molecule has 0 aromatic heterocycles. The highest BCUT2D eigenvalue weighted by Gasteiger charge is 2.34. The average Bonchev–Trinajstić information content (AvgIpc) is 3.08. The van der Waals surface area contributed by atoms with Crippen molar-refractivity contribution in [2.45, 2.75) is 52.4 Å². The number of aryl methyl sites for hydroxylation is 2. The molecule has 0 spiro atoms. The van der Waals surface area contributed by atoms with Crippen LogP contribution in [0.2, 0.25) is 0 Å². The van der Waals surface area contributed by atoms with Crippen LogP contribution in [-0.4, -0.2) is 17.0 Å². The van der Waals surface area contributed by atoms with Gasteiger partial charge in [-0.1, -0.05) is 19.9 Å². The molecule has 0 atom stereocenters. The molecule has 1 aromatic carbocycles. The van der Waals surface area contributed by atoms with Crippen LogP contribution in [0.5, 0.6) is 5.75 Å². The van der Waals surface area contributed by atoms with Gasteiger partial charge in [0.15, 0.2) is 0 Å². The SMILES string of the molecule is Cc1cc(C)c(C(C)(C)CC(=O)O)c(OC(=O)C2CC2)c1. The van der Waals surface area contributed by atoms with E-state index in [1.807, 2.05) is 39.8 Å². The smallest absolute Gasteiger partial charge is 0.314 e. The van der Waals surface area contributed by atoms with Crippen LogP contribution in [0.4, 0.5) is 0 Å². The maximum atomic E-state index is 12.0. The standard InChI is InChI=1S/C17H22O4/c1-10-7-11(2)15(17(3,4)9-14(18)19)13(8-10)21-16(20)12-5-6-12/h7-8,12H,5-6,9H2,1-4H3,(H,18,19). The zero-order valence-corrected chi connectivity index (χ0v) is 13.0. The molecule has 0 aliphatic heterocycles. The van der Waals surface area contributed by atoms with Crippen molar-refractivity contribution in [2.24, 2.45) is 5.92 Å². The number of carbonyl (C=O) groups is 2. The number of benzene rings is 1. The Hall–Kier alpha value is -1.84. The Balaban J connectivity index is 2.42. The van der Waals surface area contributed by atoms with E-state index in [9.17, 15) is 9.59 Å². The van der Waals surface area contributed by atoms with Gasteiger partial charge in [-0.3, -0.25) is 9.59 Å². The molecule has 2 rings (SSSR count). The summed E-state index contributed by atoms with van der Waals surface area (Å²) < 4.78 is 5.57. The highest BCUT2D eigenvalue weighted by molar-refractivity contribution is 5.78. The summed E-state index contributed by atoms with van der Waals surface area (Å²) in [4.78, 5) is 23.1. The molecular formula is C17H22O4. The Labute approximate surface area is 125 Å². The molecule has 114 valence electrons. The number of carboxylic acid groups (broad SMARTS) is 1. The molecule has 1 N–H and O–H groups in total. The first-order valence-corrected chi connectivity index (χ1v) is 7.26. The van der Waals surface area contributed by atoms with Gasteiger partial charge in [0, 0.05) is 11.0 Å². The summed E-state index contributed by atoms with van der Waals surface area (Å²) in [6.07, 6.45) is 1.76. The molecule has 0 amide bonds. The minimum absolute atomic E-state index is 0.00905. The van der Waals surface area contributed by atoms with E-state index >= 15 is 0 Å². The van der Waals surface area contributed by atoms with E-state index in [1.165, 1.54) is 0 Å². The monoisotopic (exact) mass is 290 g/mol. The zero-order valence-electron chi connectivity index (χ0n) is 13.0. The van der Waals surface area contributed by atoms with Crippen LogP contribution in [0.1, 0.15) is 49.8 Å². The highest BCUT2D eigenvalue weighted by Crippen LogP contribution is 2.39. The van der Waals surface area contributed by atoms with E-state index < -0.39 is 11.4 Å². The molecule has 1 aromatic rings. The van der Waals surface area contributed by atoms with Crippen LogP contribution in [-0.2, 0) is 15.0 Å². The van der Waals surface area contributed by atoms with Crippen molar-refractivity contribution in [2.75, 3.05) is 0 Å². The van der Waals surface area contributed by atoms with Gasteiger partial charge in [-0.2, -0.15) is 0 Å². The van der Waals surface area contributed by atoms with Gasteiger partial charge in [-0.25, -0.2) is 0 Å². The van der Waals surface area contributed by atoms with Crippen LogP contribution in [0.3, 0.4) is 0 Å². The van der Waals surface area contributed by atoms with Gasteiger partial charge in [0.1, 0.15) is 5.75 Å². The van der Waals surface area contributed by atoms with Gasteiger partial charge in [-0.05, 0) is 43.9 Å². The summed E-state index contributed by atoms with van der Waals surface area (Å²) in [5.74, 6) is -0.538. The van der Waals surface area contributed by atoms with Crippen LogP contribution < -0.4 is 4.74 Å². The molecule has 1 saturated carbocycles. The van der Waals surface area contributed by atoms with E-state index in [2.05, 4.69) is 0 Å². The van der Waals surface area contributed by atoms with E-state index in [0.717, 1.165) is 29.5 Å². The Kier molecular flexibility index (Phi) is 4.08. The van der Waals surface area contributed by atoms with Crippen molar-refractivity contribution in [1.29, 1.82) is 0 Å². The van der Waals surface area contributed by atoms with Gasteiger partial charge in [0.2, 0.25) is 0 Å². The molecule has 1 aliphatic rings. The summed E-state index contributed by atoms with van der Waals surface area (Å²) in [7, 11) is 0. The number of esters is 1. The second-order valence-electron chi connectivity index (χ2n) is 6.60. The van der Waals surface area contributed by atoms with Crippen molar-refractivity contribution >= 4 is 11.9 Å². The third kappa shape index (κ3) is 3.63. The predicted octanol–water partition coefficient (Wildman–Crippen LogP) is 3.37. The van der Waals surface area contributed by atoms with Crippen LogP contribution in [0.25, 0.3) is 0 Å². The van der Waals surface area contributed by atoms with Crippen LogP contribution >= 0.6 is 0 Å². The normalized spacial score (nSPS) is 14.9. The second kappa shape index (κ2) is 5.51. The number of carboxylic acids is 1. The highest BCUT2D eigenvalue weighted by atomic mass is 16.5. The topological polar surface area (TPSA) is 63.6 Å². The minimum atomic E-state index is -0.862. The van der Waals surface area contributed by atoms with Crippen LogP contribution in [0.15, 0.2) is 12.1 Å². The minimum Gasteiger partial charge on any atom is -0.481 e. The molecule has 0 saturated heterocycles. The van der Waals surface area contributed by atoms with Crippen molar-refractivity contribution in [1.82, 2.24) is 0 Å². The third-order valence-electron chi connectivity index (χ3n) is 3.83. The second-order valence-corrected chi connectivity index (χ2v) is 6.60. The fraction of sp³-hybridized carbons (Fsp3) is 0.529. The van der Waals surface area contributed by atoms with Crippen molar-refractivity contribution in [3.05, 3.63) is 28.8 Å². The molecule has 1 aliphatic carbocycles. The number of hydrogen-bond donors (Lipinski definition) is 1. The summed E-state index contributed by atoms with van der Waals surface area (Å²) in [6.45, 7) is 7.61. The van der Waals surface area contributed by atoms with Gasteiger partial charge in [-0.15, -0.1) is 0 Å². The first-order chi connectivity index (χ1) is 9.70. The molecule has 0 bridgehead atoms. The quantitative estimate of drug-likeness (QED) is 0.667. The first-order valence-electron chi connectivity index (χ1n) is 7.26.